The van der Waals surface area contributed by atoms with Gasteiger partial charge in [0, 0.05) is 32.2 Å². The third-order valence-corrected chi connectivity index (χ3v) is 1.92. The Morgan fingerprint density at radius 2 is 2.29 bits per heavy atom. The maximum atomic E-state index is 4.14. The van der Waals surface area contributed by atoms with Crippen molar-refractivity contribution in [1.29, 1.82) is 0 Å². The summed E-state index contributed by atoms with van der Waals surface area (Å²) >= 11 is 0. The molecule has 0 aliphatic carbocycles. The molecule has 0 aliphatic heterocycles. The van der Waals surface area contributed by atoms with E-state index in [2.05, 4.69) is 20.6 Å². The molecule has 0 bridgehead atoms. The zero-order valence-electron chi connectivity index (χ0n) is 7.96. The molecule has 1 N–H and O–H groups in total. The highest BCUT2D eigenvalue weighted by atomic mass is 15.4. The highest BCUT2D eigenvalue weighted by Gasteiger charge is 1.96. The molecule has 0 amide bonds. The molecule has 0 saturated heterocycles. The number of nitrogens with zero attached hydrogens (tertiary/aromatic N) is 5. The Bertz CT molecular complexity index is 376. The SMILES string of the molecule is Cn1ccnc1NCCn1ccnn1. The fraction of sp³-hybridized carbons (Fsp3) is 0.375. The van der Waals surface area contributed by atoms with Crippen LogP contribution in [0.1, 0.15) is 0 Å². The maximum absolute atomic E-state index is 4.14. The van der Waals surface area contributed by atoms with E-state index >= 15 is 0 Å². The van der Waals surface area contributed by atoms with E-state index in [1.807, 2.05) is 24.0 Å². The number of hydrogen-bond acceptors (Lipinski definition) is 4. The van der Waals surface area contributed by atoms with E-state index in [4.69, 9.17) is 0 Å². The Hall–Kier alpha value is -1.85. The molecule has 2 aromatic rings. The predicted molar refractivity (Wildman–Crippen MR) is 51.7 cm³/mol. The van der Waals surface area contributed by atoms with Gasteiger partial charge in [0.25, 0.3) is 0 Å². The van der Waals surface area contributed by atoms with Gasteiger partial charge in [-0.25, -0.2) is 4.98 Å². The molecule has 0 radical (unpaired) electrons. The quantitative estimate of drug-likeness (QED) is 0.747. The molecule has 0 fully saturated rings. The highest BCUT2D eigenvalue weighted by molar-refractivity contribution is 5.24. The second-order valence-corrected chi connectivity index (χ2v) is 2.95. The number of aromatic nitrogens is 5. The van der Waals surface area contributed by atoms with E-state index in [9.17, 15) is 0 Å². The molecule has 2 aromatic heterocycles. The monoisotopic (exact) mass is 192 g/mol. The number of hydrogen-bond donors (Lipinski definition) is 1. The Labute approximate surface area is 81.6 Å². The number of rotatable bonds is 4. The molecule has 2 heterocycles. The summed E-state index contributed by atoms with van der Waals surface area (Å²) in [7, 11) is 1.95. The van der Waals surface area contributed by atoms with Gasteiger partial charge in [-0.2, -0.15) is 0 Å². The van der Waals surface area contributed by atoms with Crippen LogP contribution >= 0.6 is 0 Å². The van der Waals surface area contributed by atoms with Gasteiger partial charge in [-0.1, -0.05) is 5.21 Å². The first-order valence-electron chi connectivity index (χ1n) is 4.41. The van der Waals surface area contributed by atoms with E-state index in [1.54, 1.807) is 17.1 Å². The molecule has 6 nitrogen and oxygen atoms in total. The largest absolute Gasteiger partial charge is 0.354 e. The zero-order chi connectivity index (χ0) is 9.80. The Morgan fingerprint density at radius 1 is 1.36 bits per heavy atom. The van der Waals surface area contributed by atoms with Gasteiger partial charge in [-0.3, -0.25) is 4.68 Å². The molecule has 0 saturated carbocycles. The number of nitrogens with one attached hydrogen (secondary N) is 1. The van der Waals surface area contributed by atoms with Crippen LogP contribution in [0.4, 0.5) is 5.95 Å². The van der Waals surface area contributed by atoms with Crippen molar-refractivity contribution in [2.45, 2.75) is 6.54 Å². The lowest BCUT2D eigenvalue weighted by Gasteiger charge is -2.04. The Kier molecular flexibility index (Phi) is 2.44. The van der Waals surface area contributed by atoms with Crippen molar-refractivity contribution in [2.24, 2.45) is 7.05 Å². The van der Waals surface area contributed by atoms with Crippen molar-refractivity contribution in [3.05, 3.63) is 24.8 Å². The minimum Gasteiger partial charge on any atom is -0.354 e. The summed E-state index contributed by atoms with van der Waals surface area (Å²) in [5, 5.41) is 10.8. The molecule has 2 rings (SSSR count). The van der Waals surface area contributed by atoms with E-state index in [1.165, 1.54) is 0 Å². The fourth-order valence-electron chi connectivity index (χ4n) is 1.17. The zero-order valence-corrected chi connectivity index (χ0v) is 7.96. The van der Waals surface area contributed by atoms with Gasteiger partial charge in [-0.05, 0) is 0 Å². The fourth-order valence-corrected chi connectivity index (χ4v) is 1.17. The second-order valence-electron chi connectivity index (χ2n) is 2.95. The summed E-state index contributed by atoms with van der Waals surface area (Å²) in [4.78, 5) is 4.14. The van der Waals surface area contributed by atoms with Crippen molar-refractivity contribution >= 4 is 5.95 Å². The Morgan fingerprint density at radius 3 is 2.93 bits per heavy atom. The van der Waals surface area contributed by atoms with E-state index < -0.39 is 0 Å². The van der Waals surface area contributed by atoms with Crippen LogP contribution in [-0.4, -0.2) is 31.1 Å². The molecule has 14 heavy (non-hydrogen) atoms. The van der Waals surface area contributed by atoms with Crippen LogP contribution < -0.4 is 5.32 Å². The lowest BCUT2D eigenvalue weighted by Crippen LogP contribution is -2.13. The molecular formula is C8H12N6. The standard InChI is InChI=1S/C8H12N6/c1-13-5-2-9-8(13)10-3-6-14-7-4-11-12-14/h2,4-5,7H,3,6H2,1H3,(H,9,10). The summed E-state index contributed by atoms with van der Waals surface area (Å²) in [6.45, 7) is 1.57. The van der Waals surface area contributed by atoms with Crippen molar-refractivity contribution in [3.8, 4) is 0 Å². The van der Waals surface area contributed by atoms with E-state index in [0.29, 0.717) is 0 Å². The second kappa shape index (κ2) is 3.91. The van der Waals surface area contributed by atoms with Crippen LogP contribution in [0.5, 0.6) is 0 Å². The molecule has 0 aromatic carbocycles. The lowest BCUT2D eigenvalue weighted by atomic mass is 10.6. The van der Waals surface area contributed by atoms with Crippen LogP contribution in [0, 0.1) is 0 Å². The van der Waals surface area contributed by atoms with Crippen LogP contribution in [0.25, 0.3) is 0 Å². The third-order valence-electron chi connectivity index (χ3n) is 1.92. The van der Waals surface area contributed by atoms with Gasteiger partial charge in [-0.15, -0.1) is 5.10 Å². The highest BCUT2D eigenvalue weighted by Crippen LogP contribution is 1.99. The summed E-state index contributed by atoms with van der Waals surface area (Å²) in [6, 6.07) is 0. The maximum Gasteiger partial charge on any atom is 0.202 e. The number of imidazole rings is 1. The summed E-state index contributed by atoms with van der Waals surface area (Å²) in [5.74, 6) is 0.866. The molecule has 0 atom stereocenters. The van der Waals surface area contributed by atoms with Crippen LogP contribution in [-0.2, 0) is 13.6 Å². The molecule has 74 valence electrons. The van der Waals surface area contributed by atoms with E-state index in [0.717, 1.165) is 19.0 Å². The normalized spacial score (nSPS) is 10.4. The topological polar surface area (TPSA) is 60.6 Å². The number of anilines is 1. The Balaban J connectivity index is 1.81. The van der Waals surface area contributed by atoms with Crippen LogP contribution in [0.2, 0.25) is 0 Å². The van der Waals surface area contributed by atoms with E-state index in [-0.39, 0.29) is 0 Å². The molecule has 0 spiro atoms. The molecule has 0 unspecified atom stereocenters. The average molecular weight is 192 g/mol. The van der Waals surface area contributed by atoms with Gasteiger partial charge in [0.1, 0.15) is 0 Å². The van der Waals surface area contributed by atoms with Gasteiger partial charge in [0.15, 0.2) is 0 Å². The number of aryl methyl sites for hydroxylation is 1. The van der Waals surface area contributed by atoms with Crippen molar-refractivity contribution in [1.82, 2.24) is 24.5 Å². The molecule has 0 aliphatic rings. The molecule has 6 heteroatoms. The van der Waals surface area contributed by atoms with Crippen molar-refractivity contribution in [2.75, 3.05) is 11.9 Å². The average Bonchev–Trinajstić information content (AvgIpc) is 2.78. The summed E-state index contributed by atoms with van der Waals surface area (Å²) in [6.07, 6.45) is 7.16. The van der Waals surface area contributed by atoms with Gasteiger partial charge < -0.3 is 9.88 Å². The van der Waals surface area contributed by atoms with Gasteiger partial charge in [0.2, 0.25) is 5.95 Å². The predicted octanol–water partition coefficient (Wildman–Crippen LogP) is 0.124. The summed E-state index contributed by atoms with van der Waals surface area (Å²) < 4.78 is 3.71. The first kappa shape index (κ1) is 8.74. The lowest BCUT2D eigenvalue weighted by molar-refractivity contribution is 0.606. The first-order valence-corrected chi connectivity index (χ1v) is 4.41. The summed E-state index contributed by atoms with van der Waals surface area (Å²) in [5.41, 5.74) is 0. The van der Waals surface area contributed by atoms with Crippen molar-refractivity contribution in [3.63, 3.8) is 0 Å². The molecular weight excluding hydrogens is 180 g/mol. The minimum absolute atomic E-state index is 0.785. The third kappa shape index (κ3) is 1.90. The first-order chi connectivity index (χ1) is 6.86. The van der Waals surface area contributed by atoms with Crippen molar-refractivity contribution < 1.29 is 0 Å². The van der Waals surface area contributed by atoms with Gasteiger partial charge in [0.05, 0.1) is 12.7 Å². The smallest absolute Gasteiger partial charge is 0.202 e. The minimum atomic E-state index is 0.785. The van der Waals surface area contributed by atoms with Gasteiger partial charge >= 0.3 is 0 Å². The van der Waals surface area contributed by atoms with Crippen LogP contribution in [0.3, 0.4) is 0 Å². The van der Waals surface area contributed by atoms with Crippen LogP contribution in [0.15, 0.2) is 24.8 Å².